The van der Waals surface area contributed by atoms with Gasteiger partial charge in [0.1, 0.15) is 5.82 Å². The summed E-state index contributed by atoms with van der Waals surface area (Å²) in [7, 11) is -0.348. The maximum atomic E-state index is 12.2. The Morgan fingerprint density at radius 2 is 1.77 bits per heavy atom. The molecule has 10 heteroatoms. The van der Waals surface area contributed by atoms with E-state index in [0.29, 0.717) is 6.54 Å². The van der Waals surface area contributed by atoms with Crippen molar-refractivity contribution in [2.24, 2.45) is 4.99 Å². The van der Waals surface area contributed by atoms with Gasteiger partial charge in [-0.3, -0.25) is 0 Å². The summed E-state index contributed by atoms with van der Waals surface area (Å²) < 4.78 is 25.6. The van der Waals surface area contributed by atoms with Gasteiger partial charge < -0.3 is 15.1 Å². The number of pyridine rings is 1. The Morgan fingerprint density at radius 3 is 2.32 bits per heavy atom. The van der Waals surface area contributed by atoms with E-state index in [1.807, 2.05) is 36.5 Å². The third-order valence-corrected chi connectivity index (χ3v) is 6.83. The lowest BCUT2D eigenvalue weighted by Crippen LogP contribution is -2.52. The average molecular weight is 558 g/mol. The van der Waals surface area contributed by atoms with E-state index in [9.17, 15) is 8.42 Å². The first kappa shape index (κ1) is 25.3. The van der Waals surface area contributed by atoms with Crippen molar-refractivity contribution in [2.75, 3.05) is 51.7 Å². The largest absolute Gasteiger partial charge is 0.357 e. The Bertz CT molecular complexity index is 944. The fourth-order valence-electron chi connectivity index (χ4n) is 3.26. The maximum absolute atomic E-state index is 12.2. The van der Waals surface area contributed by atoms with Crippen molar-refractivity contribution in [3.05, 3.63) is 54.2 Å². The molecule has 2 aromatic rings. The number of anilines is 1. The second kappa shape index (κ2) is 11.6. The van der Waals surface area contributed by atoms with Crippen LogP contribution in [0.2, 0.25) is 0 Å². The van der Waals surface area contributed by atoms with E-state index in [4.69, 9.17) is 4.99 Å². The monoisotopic (exact) mass is 558 g/mol. The Balaban J connectivity index is 0.00000341. The third-order valence-electron chi connectivity index (χ3n) is 5.00. The van der Waals surface area contributed by atoms with Crippen LogP contribution in [0.25, 0.3) is 0 Å². The molecule has 0 amide bonds. The highest BCUT2D eigenvalue weighted by atomic mass is 127. The topological polar surface area (TPSA) is 81.1 Å². The van der Waals surface area contributed by atoms with Crippen molar-refractivity contribution < 1.29 is 8.42 Å². The van der Waals surface area contributed by atoms with E-state index in [1.54, 1.807) is 12.1 Å². The van der Waals surface area contributed by atoms with Gasteiger partial charge in [0.05, 0.1) is 11.4 Å². The normalized spacial score (nSPS) is 15.0. The minimum Gasteiger partial charge on any atom is -0.357 e. The first-order chi connectivity index (χ1) is 14.4. The number of sulfonamides is 1. The predicted octanol–water partition coefficient (Wildman–Crippen LogP) is 2.24. The Labute approximate surface area is 202 Å². The molecule has 1 aromatic carbocycles. The minimum absolute atomic E-state index is 0. The van der Waals surface area contributed by atoms with Crippen molar-refractivity contribution in [1.82, 2.24) is 19.5 Å². The fourth-order valence-corrected chi connectivity index (χ4v) is 4.16. The van der Waals surface area contributed by atoms with Gasteiger partial charge in [0.2, 0.25) is 10.0 Å². The summed E-state index contributed by atoms with van der Waals surface area (Å²) in [6.07, 6.45) is 1.82. The van der Waals surface area contributed by atoms with Crippen molar-refractivity contribution in [3.8, 4) is 0 Å². The molecule has 31 heavy (non-hydrogen) atoms. The van der Waals surface area contributed by atoms with Crippen LogP contribution in [0.5, 0.6) is 0 Å². The number of hydrogen-bond donors (Lipinski definition) is 1. The standard InChI is InChI=1S/C21H30N6O2S.HI/c1-4-22-21(27-15-13-26(14-16-27)20-7-5-6-12-23-20)24-17-18-8-10-19(11-9-18)30(28,29)25(2)3;/h5-12H,4,13-17H2,1-3H3,(H,22,24);1H. The summed E-state index contributed by atoms with van der Waals surface area (Å²) >= 11 is 0. The van der Waals surface area contributed by atoms with Gasteiger partial charge in [0.25, 0.3) is 0 Å². The molecule has 0 radical (unpaired) electrons. The fraction of sp³-hybridized carbons (Fsp3) is 0.429. The van der Waals surface area contributed by atoms with Crippen molar-refractivity contribution in [2.45, 2.75) is 18.4 Å². The van der Waals surface area contributed by atoms with Crippen LogP contribution in [0.4, 0.5) is 5.82 Å². The van der Waals surface area contributed by atoms with E-state index in [2.05, 4.69) is 27.0 Å². The number of hydrogen-bond acceptors (Lipinski definition) is 5. The van der Waals surface area contributed by atoms with Crippen LogP contribution in [-0.4, -0.2) is 75.4 Å². The molecular formula is C21H31IN6O2S. The number of halogens is 1. The highest BCUT2D eigenvalue weighted by Gasteiger charge is 2.20. The third kappa shape index (κ3) is 6.53. The molecule has 8 nitrogen and oxygen atoms in total. The van der Waals surface area contributed by atoms with Crippen LogP contribution >= 0.6 is 24.0 Å². The zero-order chi connectivity index (χ0) is 21.6. The molecule has 1 saturated heterocycles. The van der Waals surface area contributed by atoms with E-state index < -0.39 is 10.0 Å². The number of nitrogens with one attached hydrogen (secondary N) is 1. The number of benzene rings is 1. The van der Waals surface area contributed by atoms with Gasteiger partial charge >= 0.3 is 0 Å². The summed E-state index contributed by atoms with van der Waals surface area (Å²) in [4.78, 5) is 14.0. The van der Waals surface area contributed by atoms with Gasteiger partial charge in [-0.05, 0) is 36.8 Å². The van der Waals surface area contributed by atoms with E-state index in [1.165, 1.54) is 18.4 Å². The van der Waals surface area contributed by atoms with E-state index in [-0.39, 0.29) is 28.9 Å². The molecule has 0 atom stereocenters. The number of nitrogens with zero attached hydrogens (tertiary/aromatic N) is 5. The van der Waals surface area contributed by atoms with Gasteiger partial charge in [-0.2, -0.15) is 0 Å². The zero-order valence-electron chi connectivity index (χ0n) is 18.2. The summed E-state index contributed by atoms with van der Waals surface area (Å²) in [5, 5.41) is 3.37. The van der Waals surface area contributed by atoms with Crippen LogP contribution in [0.1, 0.15) is 12.5 Å². The molecule has 0 bridgehead atoms. The second-order valence-corrected chi connectivity index (χ2v) is 9.42. The zero-order valence-corrected chi connectivity index (χ0v) is 21.4. The molecule has 1 aliphatic rings. The first-order valence-corrected chi connectivity index (χ1v) is 11.6. The molecule has 0 aliphatic carbocycles. The lowest BCUT2D eigenvalue weighted by molar-refractivity contribution is 0.371. The average Bonchev–Trinajstić information content (AvgIpc) is 2.77. The van der Waals surface area contributed by atoms with Crippen molar-refractivity contribution in [3.63, 3.8) is 0 Å². The van der Waals surface area contributed by atoms with Crippen LogP contribution < -0.4 is 10.2 Å². The van der Waals surface area contributed by atoms with E-state index >= 15 is 0 Å². The quantitative estimate of drug-likeness (QED) is 0.333. The molecule has 1 fully saturated rings. The Kier molecular flexibility index (Phi) is 9.51. The maximum Gasteiger partial charge on any atom is 0.242 e. The Hall–Kier alpha value is -1.92. The smallest absolute Gasteiger partial charge is 0.242 e. The van der Waals surface area contributed by atoms with E-state index in [0.717, 1.165) is 50.1 Å². The molecular weight excluding hydrogens is 527 g/mol. The van der Waals surface area contributed by atoms with Crippen LogP contribution in [0.3, 0.4) is 0 Å². The number of rotatable bonds is 6. The van der Waals surface area contributed by atoms with Crippen LogP contribution in [-0.2, 0) is 16.6 Å². The van der Waals surface area contributed by atoms with Crippen LogP contribution in [0, 0.1) is 0 Å². The summed E-state index contributed by atoms with van der Waals surface area (Å²) in [6.45, 7) is 6.84. The molecule has 170 valence electrons. The van der Waals surface area contributed by atoms with Gasteiger partial charge in [-0.25, -0.2) is 22.7 Å². The minimum atomic E-state index is -3.41. The number of aromatic nitrogens is 1. The molecule has 2 heterocycles. The number of aliphatic imine (C=N–C) groups is 1. The molecule has 0 unspecified atom stereocenters. The molecule has 0 saturated carbocycles. The SMILES string of the molecule is CCNC(=NCc1ccc(S(=O)(=O)N(C)C)cc1)N1CCN(c2ccccn2)CC1.I. The first-order valence-electron chi connectivity index (χ1n) is 10.1. The predicted molar refractivity (Wildman–Crippen MR) is 136 cm³/mol. The summed E-state index contributed by atoms with van der Waals surface area (Å²) in [5.74, 6) is 1.88. The molecule has 1 N–H and O–H groups in total. The van der Waals surface area contributed by atoms with Gasteiger partial charge in [-0.1, -0.05) is 18.2 Å². The highest BCUT2D eigenvalue weighted by molar-refractivity contribution is 14.0. The van der Waals surface area contributed by atoms with Gasteiger partial charge in [-0.15, -0.1) is 24.0 Å². The highest BCUT2D eigenvalue weighted by Crippen LogP contribution is 2.15. The molecule has 3 rings (SSSR count). The van der Waals surface area contributed by atoms with Crippen LogP contribution in [0.15, 0.2) is 58.5 Å². The lowest BCUT2D eigenvalue weighted by atomic mass is 10.2. The number of guanidine groups is 1. The Morgan fingerprint density at radius 1 is 1.10 bits per heavy atom. The molecule has 0 spiro atoms. The van der Waals surface area contributed by atoms with Crippen molar-refractivity contribution in [1.29, 1.82) is 0 Å². The van der Waals surface area contributed by atoms with Gasteiger partial charge in [0, 0.05) is 53.0 Å². The number of piperazine rings is 1. The molecule has 1 aromatic heterocycles. The van der Waals surface area contributed by atoms with Crippen molar-refractivity contribution >= 4 is 45.8 Å². The summed E-state index contributed by atoms with van der Waals surface area (Å²) in [6, 6.07) is 12.9. The lowest BCUT2D eigenvalue weighted by Gasteiger charge is -2.37. The van der Waals surface area contributed by atoms with Gasteiger partial charge in [0.15, 0.2) is 5.96 Å². The summed E-state index contributed by atoms with van der Waals surface area (Å²) in [5.41, 5.74) is 0.968. The second-order valence-electron chi connectivity index (χ2n) is 7.26. The molecule has 1 aliphatic heterocycles.